The summed E-state index contributed by atoms with van der Waals surface area (Å²) in [4.78, 5) is 14.8. The summed E-state index contributed by atoms with van der Waals surface area (Å²) in [6.07, 6.45) is 0. The van der Waals surface area contributed by atoms with Crippen molar-refractivity contribution in [3.05, 3.63) is 21.8 Å². The molecular weight excluding hydrogens is 264 g/mol. The van der Waals surface area contributed by atoms with Crippen molar-refractivity contribution in [1.82, 2.24) is 15.2 Å². The molecular formula is C9H7ClN4O2S. The van der Waals surface area contributed by atoms with Crippen LogP contribution in [-0.2, 0) is 0 Å². The zero-order valence-electron chi connectivity index (χ0n) is 8.64. The number of hydrogen-bond donors (Lipinski definition) is 2. The average molecular weight is 271 g/mol. The smallest absolute Gasteiger partial charge is 0.356 e. The van der Waals surface area contributed by atoms with Crippen LogP contribution in [0.4, 0.5) is 5.69 Å². The number of carboxylic acid groups (broad SMARTS) is 1. The SMILES string of the molecule is Cc1nnc(-c2cc(N)c(Cl)c(C(=O)O)n2)s1. The quantitative estimate of drug-likeness (QED) is 0.863. The van der Waals surface area contributed by atoms with E-state index in [0.717, 1.165) is 5.01 Å². The molecule has 2 aromatic rings. The van der Waals surface area contributed by atoms with Crippen molar-refractivity contribution in [2.45, 2.75) is 6.92 Å². The third kappa shape index (κ3) is 2.20. The van der Waals surface area contributed by atoms with Crippen LogP contribution in [0.5, 0.6) is 0 Å². The van der Waals surface area contributed by atoms with Gasteiger partial charge in [-0.15, -0.1) is 10.2 Å². The average Bonchev–Trinajstić information content (AvgIpc) is 2.68. The first kappa shape index (κ1) is 11.7. The second-order valence-electron chi connectivity index (χ2n) is 3.19. The van der Waals surface area contributed by atoms with E-state index in [1.165, 1.54) is 17.4 Å². The Morgan fingerprint density at radius 1 is 1.53 bits per heavy atom. The predicted molar refractivity (Wildman–Crippen MR) is 64.3 cm³/mol. The number of carbonyl (C=O) groups is 1. The lowest BCUT2D eigenvalue weighted by molar-refractivity contribution is 0.0691. The van der Waals surface area contributed by atoms with Gasteiger partial charge >= 0.3 is 5.97 Å². The fourth-order valence-corrected chi connectivity index (χ4v) is 2.03. The maximum absolute atomic E-state index is 10.9. The normalized spacial score (nSPS) is 10.5. The summed E-state index contributed by atoms with van der Waals surface area (Å²) in [5.41, 5.74) is 5.85. The summed E-state index contributed by atoms with van der Waals surface area (Å²) in [5.74, 6) is -1.23. The molecule has 2 aromatic heterocycles. The molecule has 8 heteroatoms. The number of aryl methyl sites for hydroxylation is 1. The van der Waals surface area contributed by atoms with Crippen LogP contribution in [0.2, 0.25) is 5.02 Å². The summed E-state index contributed by atoms with van der Waals surface area (Å²) in [7, 11) is 0. The van der Waals surface area contributed by atoms with Gasteiger partial charge < -0.3 is 10.8 Å². The maximum atomic E-state index is 10.9. The fourth-order valence-electron chi connectivity index (χ4n) is 1.20. The molecule has 0 spiro atoms. The summed E-state index contributed by atoms with van der Waals surface area (Å²) >= 11 is 7.05. The Morgan fingerprint density at radius 2 is 2.24 bits per heavy atom. The second-order valence-corrected chi connectivity index (χ2v) is 4.75. The van der Waals surface area contributed by atoms with Crippen molar-refractivity contribution in [2.75, 3.05) is 5.73 Å². The molecule has 0 fully saturated rings. The van der Waals surface area contributed by atoms with Crippen LogP contribution in [0.15, 0.2) is 6.07 Å². The van der Waals surface area contributed by atoms with Crippen molar-refractivity contribution in [2.24, 2.45) is 0 Å². The highest BCUT2D eigenvalue weighted by Gasteiger charge is 2.17. The van der Waals surface area contributed by atoms with Crippen molar-refractivity contribution >= 4 is 34.6 Å². The van der Waals surface area contributed by atoms with Crippen LogP contribution >= 0.6 is 22.9 Å². The molecule has 0 saturated carbocycles. The van der Waals surface area contributed by atoms with Gasteiger partial charge in [-0.25, -0.2) is 9.78 Å². The molecule has 6 nitrogen and oxygen atoms in total. The van der Waals surface area contributed by atoms with Gasteiger partial charge in [-0.05, 0) is 13.0 Å². The highest BCUT2D eigenvalue weighted by Crippen LogP contribution is 2.29. The molecule has 0 saturated heterocycles. The molecule has 17 heavy (non-hydrogen) atoms. The zero-order chi connectivity index (χ0) is 12.6. The molecule has 2 rings (SSSR count). The van der Waals surface area contributed by atoms with E-state index in [2.05, 4.69) is 15.2 Å². The van der Waals surface area contributed by atoms with Gasteiger partial charge in [0.2, 0.25) is 0 Å². The minimum atomic E-state index is -1.23. The number of nitrogens with two attached hydrogens (primary N) is 1. The highest BCUT2D eigenvalue weighted by atomic mass is 35.5. The summed E-state index contributed by atoms with van der Waals surface area (Å²) in [6.45, 7) is 1.79. The molecule has 0 aromatic carbocycles. The number of nitrogens with zero attached hydrogens (tertiary/aromatic N) is 3. The second kappa shape index (κ2) is 4.27. The van der Waals surface area contributed by atoms with Gasteiger partial charge in [0, 0.05) is 0 Å². The van der Waals surface area contributed by atoms with E-state index < -0.39 is 5.97 Å². The van der Waals surface area contributed by atoms with E-state index in [1.807, 2.05) is 0 Å². The number of carboxylic acids is 1. The third-order valence-corrected chi connectivity index (χ3v) is 3.19. The topological polar surface area (TPSA) is 102 Å². The molecule has 0 radical (unpaired) electrons. The first-order valence-electron chi connectivity index (χ1n) is 4.49. The number of aromatic carboxylic acids is 1. The number of hydrogen-bond acceptors (Lipinski definition) is 6. The monoisotopic (exact) mass is 270 g/mol. The van der Waals surface area contributed by atoms with Crippen molar-refractivity contribution < 1.29 is 9.90 Å². The Kier molecular flexibility index (Phi) is 2.95. The number of anilines is 1. The Morgan fingerprint density at radius 3 is 2.76 bits per heavy atom. The minimum Gasteiger partial charge on any atom is -0.476 e. The van der Waals surface area contributed by atoms with Crippen LogP contribution in [0.1, 0.15) is 15.5 Å². The standard InChI is InChI=1S/C9H7ClN4O2S/c1-3-13-14-8(17-3)5-2-4(11)6(10)7(12-5)9(15)16/h2H,1H3,(H2,11,12)(H,15,16). The summed E-state index contributed by atoms with van der Waals surface area (Å²) in [5, 5.41) is 17.8. The van der Waals surface area contributed by atoms with Crippen LogP contribution < -0.4 is 5.73 Å². The Bertz CT molecular complexity index is 599. The Hall–Kier alpha value is -1.73. The lowest BCUT2D eigenvalue weighted by Gasteiger charge is -2.04. The molecule has 0 bridgehead atoms. The van der Waals surface area contributed by atoms with E-state index in [-0.39, 0.29) is 16.4 Å². The molecule has 0 unspecified atom stereocenters. The van der Waals surface area contributed by atoms with Crippen molar-refractivity contribution in [3.63, 3.8) is 0 Å². The lowest BCUT2D eigenvalue weighted by Crippen LogP contribution is -2.05. The predicted octanol–water partition coefficient (Wildman–Crippen LogP) is 1.84. The molecule has 0 atom stereocenters. The van der Waals surface area contributed by atoms with Gasteiger partial charge in [-0.2, -0.15) is 0 Å². The Labute approximate surface area is 105 Å². The van der Waals surface area contributed by atoms with Gasteiger partial charge in [0.05, 0.1) is 10.7 Å². The third-order valence-electron chi connectivity index (χ3n) is 1.93. The van der Waals surface area contributed by atoms with Crippen LogP contribution in [-0.4, -0.2) is 26.3 Å². The van der Waals surface area contributed by atoms with Crippen molar-refractivity contribution in [3.8, 4) is 10.7 Å². The zero-order valence-corrected chi connectivity index (χ0v) is 10.2. The van der Waals surface area contributed by atoms with Crippen LogP contribution in [0, 0.1) is 6.92 Å². The number of pyridine rings is 1. The van der Waals surface area contributed by atoms with Gasteiger partial charge in [-0.3, -0.25) is 0 Å². The number of nitrogen functional groups attached to an aromatic ring is 1. The van der Waals surface area contributed by atoms with Crippen LogP contribution in [0.25, 0.3) is 10.7 Å². The van der Waals surface area contributed by atoms with E-state index in [4.69, 9.17) is 22.4 Å². The number of aromatic nitrogens is 3. The van der Waals surface area contributed by atoms with Gasteiger partial charge in [0.25, 0.3) is 0 Å². The number of rotatable bonds is 2. The van der Waals surface area contributed by atoms with Gasteiger partial charge in [0.15, 0.2) is 10.7 Å². The first-order valence-corrected chi connectivity index (χ1v) is 5.68. The highest BCUT2D eigenvalue weighted by molar-refractivity contribution is 7.14. The first-order chi connectivity index (χ1) is 7.99. The fraction of sp³-hybridized carbons (Fsp3) is 0.111. The van der Waals surface area contributed by atoms with E-state index in [9.17, 15) is 4.79 Å². The summed E-state index contributed by atoms with van der Waals surface area (Å²) < 4.78 is 0. The lowest BCUT2D eigenvalue weighted by atomic mass is 10.2. The number of halogens is 1. The Balaban J connectivity index is 2.60. The summed E-state index contributed by atoms with van der Waals surface area (Å²) in [6, 6.07) is 1.48. The maximum Gasteiger partial charge on any atom is 0.356 e. The molecule has 0 aliphatic carbocycles. The van der Waals surface area contributed by atoms with Gasteiger partial charge in [-0.1, -0.05) is 22.9 Å². The van der Waals surface area contributed by atoms with E-state index >= 15 is 0 Å². The molecule has 3 N–H and O–H groups in total. The van der Waals surface area contributed by atoms with Crippen molar-refractivity contribution in [1.29, 1.82) is 0 Å². The molecule has 0 aliphatic heterocycles. The van der Waals surface area contributed by atoms with Gasteiger partial charge in [0.1, 0.15) is 10.7 Å². The molecule has 0 aliphatic rings. The molecule has 0 amide bonds. The molecule has 2 heterocycles. The minimum absolute atomic E-state index is 0.0671. The van der Waals surface area contributed by atoms with E-state index in [0.29, 0.717) is 10.7 Å². The van der Waals surface area contributed by atoms with E-state index in [1.54, 1.807) is 6.92 Å². The molecule has 88 valence electrons. The van der Waals surface area contributed by atoms with Crippen LogP contribution in [0.3, 0.4) is 0 Å². The largest absolute Gasteiger partial charge is 0.476 e.